The van der Waals surface area contributed by atoms with Crippen LogP contribution < -0.4 is 4.74 Å². The molecule has 0 saturated carbocycles. The Morgan fingerprint density at radius 3 is 2.83 bits per heavy atom. The Hall–Kier alpha value is -0.870. The standard InChI is InChI=1S/C6H4Cl2N2O2/c1-3-4(12-6(8)11)2-9-5(7)10-3/h2H,1H3. The molecule has 0 aliphatic carbocycles. The van der Waals surface area contributed by atoms with Gasteiger partial charge in [0.2, 0.25) is 5.28 Å². The van der Waals surface area contributed by atoms with E-state index in [1.54, 1.807) is 6.92 Å². The predicted octanol–water partition coefficient (Wildman–Crippen LogP) is 2.18. The van der Waals surface area contributed by atoms with Crippen molar-refractivity contribution >= 4 is 28.6 Å². The maximum Gasteiger partial charge on any atom is 0.409 e. The summed E-state index contributed by atoms with van der Waals surface area (Å²) in [6, 6.07) is 0. The highest BCUT2D eigenvalue weighted by Gasteiger charge is 2.05. The number of hydrogen-bond acceptors (Lipinski definition) is 4. The maximum atomic E-state index is 10.3. The highest BCUT2D eigenvalue weighted by atomic mass is 35.5. The van der Waals surface area contributed by atoms with Crippen molar-refractivity contribution in [2.24, 2.45) is 0 Å². The summed E-state index contributed by atoms with van der Waals surface area (Å²) in [5.74, 6) is 0.208. The van der Waals surface area contributed by atoms with Gasteiger partial charge in [-0.25, -0.2) is 14.8 Å². The summed E-state index contributed by atoms with van der Waals surface area (Å²) in [7, 11) is 0. The lowest BCUT2D eigenvalue weighted by Crippen LogP contribution is -2.00. The number of carbonyl (C=O) groups excluding carboxylic acids is 1. The first-order valence-electron chi connectivity index (χ1n) is 2.96. The van der Waals surface area contributed by atoms with Crippen molar-refractivity contribution in [2.75, 3.05) is 0 Å². The molecule has 0 bridgehead atoms. The Morgan fingerprint density at radius 2 is 2.33 bits per heavy atom. The first-order chi connectivity index (χ1) is 5.59. The van der Waals surface area contributed by atoms with Crippen LogP contribution >= 0.6 is 23.2 Å². The molecule has 1 rings (SSSR count). The third kappa shape index (κ3) is 2.32. The van der Waals surface area contributed by atoms with Gasteiger partial charge in [-0.2, -0.15) is 0 Å². The molecule has 0 atom stereocenters. The molecule has 12 heavy (non-hydrogen) atoms. The average Bonchev–Trinajstić information content (AvgIpc) is 1.94. The fraction of sp³-hybridized carbons (Fsp3) is 0.167. The molecule has 1 aromatic rings. The largest absolute Gasteiger partial charge is 0.411 e. The van der Waals surface area contributed by atoms with Gasteiger partial charge in [0, 0.05) is 11.6 Å². The zero-order valence-corrected chi connectivity index (χ0v) is 7.56. The van der Waals surface area contributed by atoms with E-state index in [9.17, 15) is 4.79 Å². The highest BCUT2D eigenvalue weighted by molar-refractivity contribution is 6.61. The van der Waals surface area contributed by atoms with E-state index >= 15 is 0 Å². The molecule has 0 aromatic carbocycles. The second kappa shape index (κ2) is 3.69. The lowest BCUT2D eigenvalue weighted by atomic mass is 10.4. The monoisotopic (exact) mass is 206 g/mol. The molecule has 0 unspecified atom stereocenters. The van der Waals surface area contributed by atoms with Gasteiger partial charge in [0.1, 0.15) is 0 Å². The molecule has 0 amide bonds. The molecule has 1 aromatic heterocycles. The van der Waals surface area contributed by atoms with Gasteiger partial charge in [-0.1, -0.05) is 0 Å². The van der Waals surface area contributed by atoms with Crippen LogP contribution in [0.15, 0.2) is 6.20 Å². The third-order valence-corrected chi connectivity index (χ3v) is 1.35. The molecular weight excluding hydrogens is 203 g/mol. The minimum absolute atomic E-state index is 0.0990. The van der Waals surface area contributed by atoms with Crippen LogP contribution in [0.1, 0.15) is 5.69 Å². The zero-order chi connectivity index (χ0) is 9.14. The van der Waals surface area contributed by atoms with Crippen molar-refractivity contribution < 1.29 is 9.53 Å². The number of aryl methyl sites for hydroxylation is 1. The summed E-state index contributed by atoms with van der Waals surface area (Å²) in [6.45, 7) is 1.63. The Morgan fingerprint density at radius 1 is 1.67 bits per heavy atom. The van der Waals surface area contributed by atoms with Crippen molar-refractivity contribution in [3.05, 3.63) is 17.2 Å². The zero-order valence-electron chi connectivity index (χ0n) is 6.04. The number of ether oxygens (including phenoxy) is 1. The van der Waals surface area contributed by atoms with Crippen molar-refractivity contribution in [3.8, 4) is 5.75 Å². The fourth-order valence-corrected chi connectivity index (χ4v) is 0.873. The third-order valence-electron chi connectivity index (χ3n) is 1.10. The number of halogens is 2. The van der Waals surface area contributed by atoms with E-state index in [2.05, 4.69) is 14.7 Å². The quantitative estimate of drug-likeness (QED) is 0.523. The lowest BCUT2D eigenvalue weighted by molar-refractivity contribution is 0.225. The average molecular weight is 207 g/mol. The molecule has 0 spiro atoms. The van der Waals surface area contributed by atoms with Gasteiger partial charge in [0.15, 0.2) is 5.75 Å². The van der Waals surface area contributed by atoms with E-state index in [4.69, 9.17) is 23.2 Å². The van der Waals surface area contributed by atoms with Gasteiger partial charge in [-0.15, -0.1) is 0 Å². The minimum atomic E-state index is -0.927. The predicted molar refractivity (Wildman–Crippen MR) is 43.7 cm³/mol. The van der Waals surface area contributed by atoms with Crippen molar-refractivity contribution in [3.63, 3.8) is 0 Å². The van der Waals surface area contributed by atoms with Crippen LogP contribution in [-0.2, 0) is 0 Å². The van der Waals surface area contributed by atoms with Crippen LogP contribution in [-0.4, -0.2) is 15.4 Å². The highest BCUT2D eigenvalue weighted by Crippen LogP contribution is 2.16. The molecule has 0 radical (unpaired) electrons. The number of nitrogens with zero attached hydrogens (tertiary/aromatic N) is 2. The molecule has 6 heteroatoms. The fourth-order valence-electron chi connectivity index (χ4n) is 0.614. The SMILES string of the molecule is Cc1nc(Cl)ncc1OC(=O)Cl. The number of rotatable bonds is 1. The smallest absolute Gasteiger partial charge is 0.409 e. The minimum Gasteiger partial charge on any atom is -0.411 e. The summed E-state index contributed by atoms with van der Waals surface area (Å²) in [5, 5.41) is 0.0990. The van der Waals surface area contributed by atoms with Crippen LogP contribution in [0.4, 0.5) is 4.79 Å². The Labute approximate surface area is 78.5 Å². The molecular formula is C6H4Cl2N2O2. The normalized spacial score (nSPS) is 9.58. The second-order valence-electron chi connectivity index (χ2n) is 1.93. The molecule has 0 aliphatic rings. The van der Waals surface area contributed by atoms with Crippen molar-refractivity contribution in [1.29, 1.82) is 0 Å². The summed E-state index contributed by atoms with van der Waals surface area (Å²) in [5.41, 5.74) is -0.465. The second-order valence-corrected chi connectivity index (χ2v) is 2.58. The van der Waals surface area contributed by atoms with Crippen LogP contribution in [0.2, 0.25) is 5.28 Å². The number of hydrogen-bond donors (Lipinski definition) is 0. The van der Waals surface area contributed by atoms with Crippen molar-refractivity contribution in [2.45, 2.75) is 6.92 Å². The van der Waals surface area contributed by atoms with Gasteiger partial charge >= 0.3 is 5.43 Å². The molecule has 4 nitrogen and oxygen atoms in total. The van der Waals surface area contributed by atoms with E-state index in [-0.39, 0.29) is 11.0 Å². The maximum absolute atomic E-state index is 10.3. The van der Waals surface area contributed by atoms with Gasteiger partial charge in [0.25, 0.3) is 0 Å². The van der Waals surface area contributed by atoms with E-state index in [0.717, 1.165) is 0 Å². The van der Waals surface area contributed by atoms with Crippen molar-refractivity contribution in [1.82, 2.24) is 9.97 Å². The summed E-state index contributed by atoms with van der Waals surface area (Å²) in [6.07, 6.45) is 1.28. The van der Waals surface area contributed by atoms with Crippen LogP contribution in [0, 0.1) is 6.92 Å². The number of carbonyl (C=O) groups is 1. The van der Waals surface area contributed by atoms with E-state index in [0.29, 0.717) is 5.69 Å². The van der Waals surface area contributed by atoms with Crippen LogP contribution in [0.3, 0.4) is 0 Å². The topological polar surface area (TPSA) is 52.1 Å². The molecule has 0 fully saturated rings. The van der Waals surface area contributed by atoms with Crippen LogP contribution in [0.5, 0.6) is 5.75 Å². The molecule has 0 aliphatic heterocycles. The molecule has 0 saturated heterocycles. The Bertz CT molecular complexity index is 316. The van der Waals surface area contributed by atoms with E-state index in [1.807, 2.05) is 0 Å². The van der Waals surface area contributed by atoms with Gasteiger partial charge in [-0.05, 0) is 18.5 Å². The van der Waals surface area contributed by atoms with Gasteiger partial charge < -0.3 is 4.74 Å². The lowest BCUT2D eigenvalue weighted by Gasteiger charge is -2.01. The Kier molecular flexibility index (Phi) is 2.83. The first kappa shape index (κ1) is 9.22. The molecule has 64 valence electrons. The van der Waals surface area contributed by atoms with Gasteiger partial charge in [-0.3, -0.25) is 0 Å². The first-order valence-corrected chi connectivity index (χ1v) is 3.71. The molecule has 0 N–H and O–H groups in total. The number of aromatic nitrogens is 2. The van der Waals surface area contributed by atoms with Crippen LogP contribution in [0.25, 0.3) is 0 Å². The summed E-state index contributed by atoms with van der Waals surface area (Å²) in [4.78, 5) is 17.7. The summed E-state index contributed by atoms with van der Waals surface area (Å²) < 4.78 is 4.54. The summed E-state index contributed by atoms with van der Waals surface area (Å²) >= 11 is 10.4. The van der Waals surface area contributed by atoms with E-state index < -0.39 is 5.43 Å². The molecule has 1 heterocycles. The van der Waals surface area contributed by atoms with E-state index in [1.165, 1.54) is 6.20 Å². The van der Waals surface area contributed by atoms with Gasteiger partial charge in [0.05, 0.1) is 11.9 Å². The Balaban J connectivity index is 2.93.